The van der Waals surface area contributed by atoms with E-state index in [4.69, 9.17) is 17.0 Å². The number of fused-ring (bicyclic) bond motifs is 1. The number of ether oxygens (including phenoxy) is 1. The van der Waals surface area contributed by atoms with E-state index in [9.17, 15) is 9.59 Å². The first-order valence-corrected chi connectivity index (χ1v) is 11.4. The normalized spacial score (nSPS) is 17.7. The van der Waals surface area contributed by atoms with E-state index in [-0.39, 0.29) is 11.7 Å². The molecule has 0 saturated carbocycles. The molecule has 1 heterocycles. The predicted molar refractivity (Wildman–Crippen MR) is 118 cm³/mol. The minimum Gasteiger partial charge on any atom is -0.452 e. The topological polar surface area (TPSA) is 58.6 Å². The van der Waals surface area contributed by atoms with Crippen LogP contribution in [0.4, 0.5) is 5.69 Å². The number of carbonyl (C=O) groups excluding carboxylic acids is 2. The number of thiocarbonyl (C=S) groups is 1. The SMILES string of the molecule is CC1CCN(C(=S)SCC(=O)O[C@@H](C)C(=O)Nc2ccc3c(c2)CCC3)CC1. The first-order chi connectivity index (χ1) is 13.4. The van der Waals surface area contributed by atoms with Crippen molar-refractivity contribution in [1.29, 1.82) is 0 Å². The Labute approximate surface area is 176 Å². The van der Waals surface area contributed by atoms with Gasteiger partial charge in [-0.25, -0.2) is 0 Å². The lowest BCUT2D eigenvalue weighted by Gasteiger charge is -2.31. The Balaban J connectivity index is 1.41. The van der Waals surface area contributed by atoms with Crippen LogP contribution in [-0.2, 0) is 27.2 Å². The van der Waals surface area contributed by atoms with Crippen LogP contribution in [0.2, 0.25) is 0 Å². The minimum absolute atomic E-state index is 0.126. The van der Waals surface area contributed by atoms with Crippen molar-refractivity contribution in [3.63, 3.8) is 0 Å². The number of aryl methyl sites for hydroxylation is 2. The largest absolute Gasteiger partial charge is 0.452 e. The third-order valence-corrected chi connectivity index (χ3v) is 6.90. The van der Waals surface area contributed by atoms with E-state index in [1.807, 2.05) is 12.1 Å². The Hall–Kier alpha value is -1.60. The molecule has 28 heavy (non-hydrogen) atoms. The van der Waals surface area contributed by atoms with Gasteiger partial charge in [0.1, 0.15) is 4.32 Å². The maximum atomic E-state index is 12.3. The number of piperidine rings is 1. The zero-order valence-electron chi connectivity index (χ0n) is 16.5. The van der Waals surface area contributed by atoms with Crippen LogP contribution < -0.4 is 5.32 Å². The zero-order valence-corrected chi connectivity index (χ0v) is 18.2. The molecule has 1 aliphatic heterocycles. The molecule has 1 amide bonds. The average Bonchev–Trinajstić information content (AvgIpc) is 3.14. The molecule has 7 heteroatoms. The van der Waals surface area contributed by atoms with E-state index < -0.39 is 12.1 Å². The summed E-state index contributed by atoms with van der Waals surface area (Å²) in [5.41, 5.74) is 3.40. The Morgan fingerprint density at radius 2 is 2.00 bits per heavy atom. The first-order valence-electron chi connectivity index (χ1n) is 9.96. The summed E-state index contributed by atoms with van der Waals surface area (Å²) in [6, 6.07) is 5.99. The van der Waals surface area contributed by atoms with E-state index in [1.165, 1.54) is 22.9 Å². The number of benzene rings is 1. The number of esters is 1. The Kier molecular flexibility index (Phi) is 7.35. The number of anilines is 1. The number of hydrogen-bond acceptors (Lipinski definition) is 5. The van der Waals surface area contributed by atoms with Crippen molar-refractivity contribution in [3.05, 3.63) is 29.3 Å². The van der Waals surface area contributed by atoms with Crippen molar-refractivity contribution in [2.45, 2.75) is 52.1 Å². The maximum absolute atomic E-state index is 12.3. The Morgan fingerprint density at radius 3 is 2.75 bits per heavy atom. The molecule has 1 aliphatic carbocycles. The molecule has 1 atom stereocenters. The van der Waals surface area contributed by atoms with Crippen LogP contribution in [0.3, 0.4) is 0 Å². The van der Waals surface area contributed by atoms with Gasteiger partial charge in [-0.1, -0.05) is 37.0 Å². The van der Waals surface area contributed by atoms with Gasteiger partial charge in [-0.2, -0.15) is 0 Å². The van der Waals surface area contributed by atoms with Gasteiger partial charge in [0.05, 0.1) is 5.75 Å². The number of thioether (sulfide) groups is 1. The summed E-state index contributed by atoms with van der Waals surface area (Å²) in [5.74, 6) is 0.124. The number of likely N-dealkylation sites (tertiary alicyclic amines) is 1. The van der Waals surface area contributed by atoms with E-state index >= 15 is 0 Å². The molecule has 0 radical (unpaired) electrons. The molecule has 0 bridgehead atoms. The summed E-state index contributed by atoms with van der Waals surface area (Å²) in [4.78, 5) is 26.6. The van der Waals surface area contributed by atoms with E-state index in [1.54, 1.807) is 6.92 Å². The van der Waals surface area contributed by atoms with Crippen molar-refractivity contribution < 1.29 is 14.3 Å². The summed E-state index contributed by atoms with van der Waals surface area (Å²) in [7, 11) is 0. The Morgan fingerprint density at radius 1 is 1.29 bits per heavy atom. The molecule has 0 spiro atoms. The third-order valence-electron chi connectivity index (χ3n) is 5.40. The molecular formula is C21H28N2O3S2. The summed E-state index contributed by atoms with van der Waals surface area (Å²) < 4.78 is 6.02. The van der Waals surface area contributed by atoms with Crippen molar-refractivity contribution in [1.82, 2.24) is 4.90 Å². The highest BCUT2D eigenvalue weighted by molar-refractivity contribution is 8.23. The second kappa shape index (κ2) is 9.74. The quantitative estimate of drug-likeness (QED) is 0.578. The number of amides is 1. The molecule has 1 aromatic rings. The first kappa shape index (κ1) is 21.1. The standard InChI is InChI=1S/C21H28N2O3S2/c1-14-8-10-23(11-9-14)21(27)28-13-19(24)26-15(2)20(25)22-18-7-6-16-4-3-5-17(16)12-18/h6-7,12,14-15H,3-5,8-11,13H2,1-2H3,(H,22,25)/t15-/m0/s1. The number of nitrogens with one attached hydrogen (secondary N) is 1. The number of rotatable bonds is 5. The van der Waals surface area contributed by atoms with Crippen LogP contribution in [0.5, 0.6) is 0 Å². The smallest absolute Gasteiger partial charge is 0.317 e. The second-order valence-electron chi connectivity index (χ2n) is 7.68. The van der Waals surface area contributed by atoms with Gasteiger partial charge in [-0.3, -0.25) is 9.59 Å². The van der Waals surface area contributed by atoms with E-state index in [0.29, 0.717) is 0 Å². The van der Waals surface area contributed by atoms with E-state index in [0.717, 1.165) is 61.1 Å². The van der Waals surface area contributed by atoms with Gasteiger partial charge in [-0.15, -0.1) is 0 Å². The highest BCUT2D eigenvalue weighted by atomic mass is 32.2. The van der Waals surface area contributed by atoms with Gasteiger partial charge in [0.25, 0.3) is 5.91 Å². The van der Waals surface area contributed by atoms with Crippen LogP contribution in [0.15, 0.2) is 18.2 Å². The molecule has 1 aromatic carbocycles. The number of carbonyl (C=O) groups is 2. The van der Waals surface area contributed by atoms with Crippen LogP contribution in [0.1, 0.15) is 44.2 Å². The summed E-state index contributed by atoms with van der Waals surface area (Å²) in [6.07, 6.45) is 4.74. The lowest BCUT2D eigenvalue weighted by Crippen LogP contribution is -2.36. The molecule has 1 fully saturated rings. The minimum atomic E-state index is -0.842. The van der Waals surface area contributed by atoms with Crippen molar-refractivity contribution >= 4 is 45.9 Å². The van der Waals surface area contributed by atoms with Gasteiger partial charge in [0.15, 0.2) is 6.10 Å². The van der Waals surface area contributed by atoms with Gasteiger partial charge >= 0.3 is 5.97 Å². The molecule has 152 valence electrons. The summed E-state index contributed by atoms with van der Waals surface area (Å²) in [5, 5.41) is 2.84. The zero-order chi connectivity index (χ0) is 20.1. The maximum Gasteiger partial charge on any atom is 0.317 e. The van der Waals surface area contributed by atoms with E-state index in [2.05, 4.69) is 23.2 Å². The fourth-order valence-corrected chi connectivity index (χ4v) is 4.62. The van der Waals surface area contributed by atoms with Crippen molar-refractivity contribution in [3.8, 4) is 0 Å². The third kappa shape index (κ3) is 5.70. The lowest BCUT2D eigenvalue weighted by molar-refractivity contribution is -0.150. The summed E-state index contributed by atoms with van der Waals surface area (Å²) >= 11 is 6.74. The second-order valence-corrected chi connectivity index (χ2v) is 9.29. The van der Waals surface area contributed by atoms with Gasteiger partial charge in [0, 0.05) is 18.8 Å². The van der Waals surface area contributed by atoms with Gasteiger partial charge in [0.2, 0.25) is 0 Å². The van der Waals surface area contributed by atoms with Crippen LogP contribution in [0.25, 0.3) is 0 Å². The average molecular weight is 421 g/mol. The van der Waals surface area contributed by atoms with Crippen LogP contribution in [0, 0.1) is 5.92 Å². The molecule has 0 aromatic heterocycles. The molecular weight excluding hydrogens is 392 g/mol. The number of nitrogens with zero attached hydrogens (tertiary/aromatic N) is 1. The van der Waals surface area contributed by atoms with Crippen LogP contribution >= 0.6 is 24.0 Å². The highest BCUT2D eigenvalue weighted by Gasteiger charge is 2.22. The molecule has 3 rings (SSSR count). The van der Waals surface area contributed by atoms with Crippen molar-refractivity contribution in [2.75, 3.05) is 24.2 Å². The summed E-state index contributed by atoms with van der Waals surface area (Å²) in [6.45, 7) is 5.74. The van der Waals surface area contributed by atoms with Gasteiger partial charge in [-0.05, 0) is 68.2 Å². The molecule has 5 nitrogen and oxygen atoms in total. The fourth-order valence-electron chi connectivity index (χ4n) is 3.58. The molecule has 0 unspecified atom stereocenters. The van der Waals surface area contributed by atoms with Crippen molar-refractivity contribution in [2.24, 2.45) is 5.92 Å². The predicted octanol–water partition coefficient (Wildman–Crippen LogP) is 3.80. The monoisotopic (exact) mass is 420 g/mol. The molecule has 2 aliphatic rings. The Bertz CT molecular complexity index is 745. The molecule has 1 N–H and O–H groups in total. The molecule has 1 saturated heterocycles. The van der Waals surface area contributed by atoms with Gasteiger partial charge < -0.3 is 15.0 Å². The number of hydrogen-bond donors (Lipinski definition) is 1. The fraction of sp³-hybridized carbons (Fsp3) is 0.571. The lowest BCUT2D eigenvalue weighted by atomic mass is 10.00. The highest BCUT2D eigenvalue weighted by Crippen LogP contribution is 2.25. The van der Waals surface area contributed by atoms with Crippen LogP contribution in [-0.4, -0.2) is 46.0 Å².